The van der Waals surface area contributed by atoms with Crippen LogP contribution in [0.3, 0.4) is 0 Å². The molecule has 9 heteroatoms. The van der Waals surface area contributed by atoms with Crippen molar-refractivity contribution >= 4 is 29.0 Å². The van der Waals surface area contributed by atoms with E-state index in [1.54, 1.807) is 13.0 Å². The number of rotatable bonds is 5. The third kappa shape index (κ3) is 3.79. The fourth-order valence-corrected chi connectivity index (χ4v) is 1.96. The molecule has 8 nitrogen and oxygen atoms in total. The van der Waals surface area contributed by atoms with E-state index in [4.69, 9.17) is 4.42 Å². The Morgan fingerprint density at radius 1 is 1.50 bits per heavy atom. The molecule has 0 radical (unpaired) electrons. The second kappa shape index (κ2) is 6.15. The molecule has 1 aromatic heterocycles. The van der Waals surface area contributed by atoms with Gasteiger partial charge >= 0.3 is 0 Å². The summed E-state index contributed by atoms with van der Waals surface area (Å²) in [5.74, 6) is 0.183. The standard InChI is InChI=1S/C11H10N4O4S/c1-7-13-14-11(19-7)20-6-10(16)12-8-3-2-4-9(5-8)15(17)18/h2-5H,6H2,1H3,(H,12,16). The second-order valence-electron chi connectivity index (χ2n) is 3.73. The first kappa shape index (κ1) is 14.0. The number of non-ortho nitro benzene ring substituents is 1. The van der Waals surface area contributed by atoms with E-state index in [1.807, 2.05) is 0 Å². The number of nitro groups is 1. The molecule has 0 saturated carbocycles. The number of benzene rings is 1. The Balaban J connectivity index is 1.91. The monoisotopic (exact) mass is 294 g/mol. The molecule has 2 rings (SSSR count). The molecule has 2 aromatic rings. The topological polar surface area (TPSA) is 111 Å². The van der Waals surface area contributed by atoms with Crippen molar-refractivity contribution in [1.82, 2.24) is 10.2 Å². The van der Waals surface area contributed by atoms with Crippen LogP contribution in [-0.4, -0.2) is 26.8 Å². The molecule has 20 heavy (non-hydrogen) atoms. The zero-order valence-electron chi connectivity index (χ0n) is 10.4. The number of aromatic nitrogens is 2. The lowest BCUT2D eigenvalue weighted by Crippen LogP contribution is -2.14. The van der Waals surface area contributed by atoms with Gasteiger partial charge in [-0.2, -0.15) is 0 Å². The normalized spacial score (nSPS) is 10.2. The maximum atomic E-state index is 11.7. The molecule has 0 aliphatic heterocycles. The predicted octanol–water partition coefficient (Wildman–Crippen LogP) is 2.02. The number of anilines is 1. The maximum Gasteiger partial charge on any atom is 0.277 e. The van der Waals surface area contributed by atoms with Crippen molar-refractivity contribution in [3.63, 3.8) is 0 Å². The van der Waals surface area contributed by atoms with Gasteiger partial charge in [-0.05, 0) is 6.07 Å². The Labute approximate surface area is 117 Å². The minimum atomic E-state index is -0.522. The molecule has 1 aromatic carbocycles. The summed E-state index contributed by atoms with van der Waals surface area (Å²) in [5, 5.41) is 20.9. The first-order valence-corrected chi connectivity index (χ1v) is 6.50. The minimum Gasteiger partial charge on any atom is -0.416 e. The average molecular weight is 294 g/mol. The van der Waals surface area contributed by atoms with Crippen LogP contribution in [0.4, 0.5) is 11.4 Å². The Kier molecular flexibility index (Phi) is 4.31. The first-order chi connectivity index (χ1) is 9.54. The van der Waals surface area contributed by atoms with Crippen LogP contribution < -0.4 is 5.32 Å². The van der Waals surface area contributed by atoms with Crippen molar-refractivity contribution in [2.45, 2.75) is 12.1 Å². The highest BCUT2D eigenvalue weighted by molar-refractivity contribution is 7.99. The highest BCUT2D eigenvalue weighted by Gasteiger charge is 2.10. The van der Waals surface area contributed by atoms with E-state index in [9.17, 15) is 14.9 Å². The summed E-state index contributed by atoms with van der Waals surface area (Å²) in [6.45, 7) is 1.65. The summed E-state index contributed by atoms with van der Waals surface area (Å²) in [6.07, 6.45) is 0. The minimum absolute atomic E-state index is 0.0737. The van der Waals surface area contributed by atoms with Gasteiger partial charge in [-0.15, -0.1) is 10.2 Å². The van der Waals surface area contributed by atoms with E-state index in [0.717, 1.165) is 11.8 Å². The number of hydrogen-bond donors (Lipinski definition) is 1. The number of nitro benzene ring substituents is 1. The number of amides is 1. The van der Waals surface area contributed by atoms with Crippen LogP contribution in [0.1, 0.15) is 5.89 Å². The summed E-state index contributed by atoms with van der Waals surface area (Å²) >= 11 is 1.09. The SMILES string of the molecule is Cc1nnc(SCC(=O)Nc2cccc([N+](=O)[O-])c2)o1. The zero-order chi connectivity index (χ0) is 14.5. The van der Waals surface area contributed by atoms with Crippen LogP contribution >= 0.6 is 11.8 Å². The number of carbonyl (C=O) groups is 1. The summed E-state index contributed by atoms with van der Waals surface area (Å²) in [7, 11) is 0. The Morgan fingerprint density at radius 3 is 2.95 bits per heavy atom. The largest absolute Gasteiger partial charge is 0.416 e. The van der Waals surface area contributed by atoms with Crippen molar-refractivity contribution in [3.8, 4) is 0 Å². The molecule has 0 aliphatic rings. The molecule has 0 aliphatic carbocycles. The van der Waals surface area contributed by atoms with Gasteiger partial charge in [0.1, 0.15) is 0 Å². The Morgan fingerprint density at radius 2 is 2.30 bits per heavy atom. The molecule has 104 valence electrons. The van der Waals surface area contributed by atoms with Gasteiger partial charge < -0.3 is 9.73 Å². The van der Waals surface area contributed by atoms with Crippen molar-refractivity contribution in [3.05, 3.63) is 40.3 Å². The fourth-order valence-electron chi connectivity index (χ4n) is 1.36. The maximum absolute atomic E-state index is 11.7. The van der Waals surface area contributed by atoms with Crippen molar-refractivity contribution in [2.24, 2.45) is 0 Å². The summed E-state index contributed by atoms with van der Waals surface area (Å²) in [5.41, 5.74) is 0.287. The molecule has 0 atom stereocenters. The third-order valence-corrected chi connectivity index (χ3v) is 2.99. The summed E-state index contributed by atoms with van der Waals surface area (Å²) in [6, 6.07) is 5.72. The first-order valence-electron chi connectivity index (χ1n) is 5.52. The van der Waals surface area contributed by atoms with Gasteiger partial charge in [-0.3, -0.25) is 14.9 Å². The van der Waals surface area contributed by atoms with Crippen LogP contribution in [0.5, 0.6) is 0 Å². The lowest BCUT2D eigenvalue weighted by molar-refractivity contribution is -0.384. The van der Waals surface area contributed by atoms with Gasteiger partial charge in [-0.1, -0.05) is 17.8 Å². The number of nitrogens with zero attached hydrogens (tertiary/aromatic N) is 3. The average Bonchev–Trinajstić information content (AvgIpc) is 2.82. The van der Waals surface area contributed by atoms with Crippen LogP contribution in [0.2, 0.25) is 0 Å². The summed E-state index contributed by atoms with van der Waals surface area (Å²) in [4.78, 5) is 21.8. The molecule has 1 N–H and O–H groups in total. The molecule has 1 heterocycles. The Bertz CT molecular complexity index is 643. The molecule has 1 amide bonds. The molecule has 0 unspecified atom stereocenters. The van der Waals surface area contributed by atoms with Gasteiger partial charge in [0.25, 0.3) is 10.9 Å². The number of aryl methyl sites for hydroxylation is 1. The number of thioether (sulfide) groups is 1. The van der Waals surface area contributed by atoms with Gasteiger partial charge in [0.2, 0.25) is 11.8 Å². The molecular formula is C11H10N4O4S. The van der Waals surface area contributed by atoms with Crippen LogP contribution in [0.15, 0.2) is 33.9 Å². The molecule has 0 saturated heterocycles. The molecule has 0 spiro atoms. The number of carbonyl (C=O) groups excluding carboxylic acids is 1. The van der Waals surface area contributed by atoms with Crippen molar-refractivity contribution in [1.29, 1.82) is 0 Å². The van der Waals surface area contributed by atoms with E-state index in [-0.39, 0.29) is 17.3 Å². The molecule has 0 bridgehead atoms. The highest BCUT2D eigenvalue weighted by Crippen LogP contribution is 2.19. The Hall–Kier alpha value is -2.42. The van der Waals surface area contributed by atoms with Gasteiger partial charge in [0.15, 0.2) is 0 Å². The summed E-state index contributed by atoms with van der Waals surface area (Å²) < 4.78 is 5.11. The molecular weight excluding hydrogens is 284 g/mol. The van der Waals surface area contributed by atoms with E-state index in [2.05, 4.69) is 15.5 Å². The third-order valence-electron chi connectivity index (χ3n) is 2.17. The fraction of sp³-hybridized carbons (Fsp3) is 0.182. The van der Waals surface area contributed by atoms with E-state index in [1.165, 1.54) is 18.2 Å². The second-order valence-corrected chi connectivity index (χ2v) is 4.66. The quantitative estimate of drug-likeness (QED) is 0.510. The smallest absolute Gasteiger partial charge is 0.277 e. The zero-order valence-corrected chi connectivity index (χ0v) is 11.2. The van der Waals surface area contributed by atoms with Crippen molar-refractivity contribution in [2.75, 3.05) is 11.1 Å². The molecule has 0 fully saturated rings. The van der Waals surface area contributed by atoms with Crippen molar-refractivity contribution < 1.29 is 14.1 Å². The van der Waals surface area contributed by atoms with Crippen LogP contribution in [-0.2, 0) is 4.79 Å². The highest BCUT2D eigenvalue weighted by atomic mass is 32.2. The lowest BCUT2D eigenvalue weighted by atomic mass is 10.3. The van der Waals surface area contributed by atoms with Gasteiger partial charge in [0.05, 0.1) is 10.7 Å². The van der Waals surface area contributed by atoms with E-state index < -0.39 is 4.92 Å². The van der Waals surface area contributed by atoms with E-state index in [0.29, 0.717) is 16.8 Å². The van der Waals surface area contributed by atoms with Gasteiger partial charge in [-0.25, -0.2) is 0 Å². The predicted molar refractivity (Wildman–Crippen MR) is 71.5 cm³/mol. The lowest BCUT2D eigenvalue weighted by Gasteiger charge is -2.03. The number of hydrogen-bond acceptors (Lipinski definition) is 7. The van der Waals surface area contributed by atoms with Gasteiger partial charge in [0, 0.05) is 24.7 Å². The number of nitrogens with one attached hydrogen (secondary N) is 1. The van der Waals surface area contributed by atoms with E-state index >= 15 is 0 Å². The van der Waals surface area contributed by atoms with Crippen LogP contribution in [0.25, 0.3) is 0 Å². The van der Waals surface area contributed by atoms with Crippen LogP contribution in [0, 0.1) is 17.0 Å².